The highest BCUT2D eigenvalue weighted by molar-refractivity contribution is 9.10. The lowest BCUT2D eigenvalue weighted by molar-refractivity contribution is 0.0929. The summed E-state index contributed by atoms with van der Waals surface area (Å²) in [5, 5.41) is 3.44. The zero-order valence-electron chi connectivity index (χ0n) is 11.0. The minimum atomic E-state index is -0.252. The van der Waals surface area contributed by atoms with Crippen molar-refractivity contribution >= 4 is 32.7 Å². The Morgan fingerprint density at radius 1 is 1.20 bits per heavy atom. The number of aromatic nitrogens is 2. The highest BCUT2D eigenvalue weighted by atomic mass is 79.9. The van der Waals surface area contributed by atoms with Crippen LogP contribution in [0.4, 0.5) is 0 Å². The van der Waals surface area contributed by atoms with E-state index in [0.717, 1.165) is 30.2 Å². The zero-order chi connectivity index (χ0) is 14.1. The van der Waals surface area contributed by atoms with Crippen molar-refractivity contribution in [1.82, 2.24) is 15.3 Å². The molecule has 0 atom stereocenters. The van der Waals surface area contributed by atoms with Crippen molar-refractivity contribution in [3.63, 3.8) is 0 Å². The molecule has 0 aromatic carbocycles. The molecule has 1 amide bonds. The molecule has 0 unspecified atom stereocenters. The van der Waals surface area contributed by atoms with E-state index in [1.807, 2.05) is 0 Å². The molecule has 1 saturated carbocycles. The van der Waals surface area contributed by atoms with Gasteiger partial charge in [0.25, 0.3) is 11.5 Å². The standard InChI is InChI=1S/C14H16BrN3O2/c15-10-7-17-14(20)11-9(6-16-12(10)11)13(19)18-8-4-2-1-3-5-8/h6-8,16H,1-5H2,(H,17,20)(H,18,19). The molecule has 2 heterocycles. The number of rotatable bonds is 2. The molecule has 6 heteroatoms. The second-order valence-corrected chi connectivity index (χ2v) is 6.08. The van der Waals surface area contributed by atoms with Gasteiger partial charge in [0.2, 0.25) is 0 Å². The molecule has 106 valence electrons. The van der Waals surface area contributed by atoms with Crippen LogP contribution in [0, 0.1) is 0 Å². The van der Waals surface area contributed by atoms with E-state index >= 15 is 0 Å². The SMILES string of the molecule is O=C(NC1CCCCC1)c1c[nH]c2c(Br)c[nH]c(=O)c12. The van der Waals surface area contributed by atoms with Crippen molar-refractivity contribution in [2.75, 3.05) is 0 Å². The lowest BCUT2D eigenvalue weighted by Gasteiger charge is -2.22. The summed E-state index contributed by atoms with van der Waals surface area (Å²) in [7, 11) is 0. The van der Waals surface area contributed by atoms with E-state index in [0.29, 0.717) is 16.5 Å². The Morgan fingerprint density at radius 3 is 2.70 bits per heavy atom. The largest absolute Gasteiger partial charge is 0.359 e. The zero-order valence-corrected chi connectivity index (χ0v) is 12.5. The van der Waals surface area contributed by atoms with Gasteiger partial charge in [-0.15, -0.1) is 0 Å². The van der Waals surface area contributed by atoms with Gasteiger partial charge < -0.3 is 15.3 Å². The van der Waals surface area contributed by atoms with E-state index in [9.17, 15) is 9.59 Å². The number of hydrogen-bond donors (Lipinski definition) is 3. The summed E-state index contributed by atoms with van der Waals surface area (Å²) in [6.45, 7) is 0. The van der Waals surface area contributed by atoms with Crippen LogP contribution in [-0.4, -0.2) is 21.9 Å². The maximum atomic E-state index is 12.4. The van der Waals surface area contributed by atoms with Gasteiger partial charge in [-0.2, -0.15) is 0 Å². The van der Waals surface area contributed by atoms with Crippen molar-refractivity contribution in [1.29, 1.82) is 0 Å². The average molecular weight is 338 g/mol. The van der Waals surface area contributed by atoms with Crippen molar-refractivity contribution in [2.24, 2.45) is 0 Å². The van der Waals surface area contributed by atoms with Crippen LogP contribution in [0.25, 0.3) is 10.9 Å². The Hall–Kier alpha value is -1.56. The quantitative estimate of drug-likeness (QED) is 0.787. The fourth-order valence-corrected chi connectivity index (χ4v) is 3.24. The number of pyridine rings is 1. The third-order valence-electron chi connectivity index (χ3n) is 3.86. The summed E-state index contributed by atoms with van der Waals surface area (Å²) in [6.07, 6.45) is 8.77. The van der Waals surface area contributed by atoms with Crippen LogP contribution < -0.4 is 10.9 Å². The van der Waals surface area contributed by atoms with Gasteiger partial charge in [0, 0.05) is 18.4 Å². The normalized spacial score (nSPS) is 16.4. The minimum Gasteiger partial charge on any atom is -0.359 e. The van der Waals surface area contributed by atoms with E-state index in [1.54, 1.807) is 12.4 Å². The first-order valence-corrected chi connectivity index (χ1v) is 7.65. The second kappa shape index (κ2) is 5.44. The van der Waals surface area contributed by atoms with Gasteiger partial charge in [0.05, 0.1) is 20.9 Å². The molecule has 1 aliphatic rings. The molecule has 3 N–H and O–H groups in total. The van der Waals surface area contributed by atoms with Crippen molar-refractivity contribution < 1.29 is 4.79 Å². The van der Waals surface area contributed by atoms with E-state index < -0.39 is 0 Å². The number of fused-ring (bicyclic) bond motifs is 1. The third-order valence-corrected chi connectivity index (χ3v) is 4.49. The molecular formula is C14H16BrN3O2. The number of carbonyl (C=O) groups excluding carboxylic acids is 1. The van der Waals surface area contributed by atoms with E-state index in [2.05, 4.69) is 31.2 Å². The molecule has 2 aromatic heterocycles. The first kappa shape index (κ1) is 13.4. The highest BCUT2D eigenvalue weighted by Crippen LogP contribution is 2.23. The Kier molecular flexibility index (Phi) is 3.65. The molecular weight excluding hydrogens is 322 g/mol. The number of H-pyrrole nitrogens is 2. The Balaban J connectivity index is 1.92. The summed E-state index contributed by atoms with van der Waals surface area (Å²) < 4.78 is 0.740. The second-order valence-electron chi connectivity index (χ2n) is 5.23. The van der Waals surface area contributed by atoms with Gasteiger partial charge in [-0.25, -0.2) is 0 Å². The van der Waals surface area contributed by atoms with E-state index in [4.69, 9.17) is 0 Å². The average Bonchev–Trinajstić information content (AvgIpc) is 2.90. The van der Waals surface area contributed by atoms with Crippen LogP contribution in [0.5, 0.6) is 0 Å². The molecule has 1 fully saturated rings. The maximum absolute atomic E-state index is 12.4. The number of aromatic amines is 2. The smallest absolute Gasteiger partial charge is 0.258 e. The summed E-state index contributed by atoms with van der Waals surface area (Å²) >= 11 is 3.36. The van der Waals surface area contributed by atoms with Crippen LogP contribution in [0.2, 0.25) is 0 Å². The van der Waals surface area contributed by atoms with Gasteiger partial charge >= 0.3 is 0 Å². The molecule has 20 heavy (non-hydrogen) atoms. The molecule has 0 radical (unpaired) electrons. The van der Waals surface area contributed by atoms with Crippen molar-refractivity contribution in [3.05, 3.63) is 32.8 Å². The van der Waals surface area contributed by atoms with Crippen LogP contribution in [0.1, 0.15) is 42.5 Å². The first-order valence-electron chi connectivity index (χ1n) is 6.86. The molecule has 3 rings (SSSR count). The third kappa shape index (κ3) is 2.40. The molecule has 0 aliphatic heterocycles. The van der Waals surface area contributed by atoms with E-state index in [-0.39, 0.29) is 17.5 Å². The van der Waals surface area contributed by atoms with Crippen molar-refractivity contribution in [2.45, 2.75) is 38.1 Å². The number of hydrogen-bond acceptors (Lipinski definition) is 2. The highest BCUT2D eigenvalue weighted by Gasteiger charge is 2.20. The van der Waals surface area contributed by atoms with Crippen LogP contribution >= 0.6 is 15.9 Å². The lowest BCUT2D eigenvalue weighted by atomic mass is 9.95. The molecule has 2 aromatic rings. The molecule has 0 spiro atoms. The summed E-state index contributed by atoms with van der Waals surface area (Å²) in [5.41, 5.74) is 0.814. The summed E-state index contributed by atoms with van der Waals surface area (Å²) in [4.78, 5) is 29.9. The van der Waals surface area contributed by atoms with Gasteiger partial charge in [0.15, 0.2) is 0 Å². The number of carbonyl (C=O) groups is 1. The van der Waals surface area contributed by atoms with Crippen molar-refractivity contribution in [3.8, 4) is 0 Å². The number of amides is 1. The molecule has 1 aliphatic carbocycles. The molecule has 0 saturated heterocycles. The Labute approximate surface area is 124 Å². The predicted octanol–water partition coefficient (Wildman–Crippen LogP) is 2.68. The summed E-state index contributed by atoms with van der Waals surface area (Å²) in [6, 6.07) is 0.229. The van der Waals surface area contributed by atoms with E-state index in [1.165, 1.54) is 6.42 Å². The fraction of sp³-hybridized carbons (Fsp3) is 0.429. The van der Waals surface area contributed by atoms with Crippen LogP contribution in [0.15, 0.2) is 21.7 Å². The number of nitrogens with one attached hydrogen (secondary N) is 3. The monoisotopic (exact) mass is 337 g/mol. The summed E-state index contributed by atoms with van der Waals surface area (Å²) in [5.74, 6) is -0.174. The molecule has 0 bridgehead atoms. The minimum absolute atomic E-state index is 0.174. The number of halogens is 1. The lowest BCUT2D eigenvalue weighted by Crippen LogP contribution is -2.36. The predicted molar refractivity (Wildman–Crippen MR) is 81.0 cm³/mol. The van der Waals surface area contributed by atoms with Gasteiger partial charge in [-0.3, -0.25) is 9.59 Å². The topological polar surface area (TPSA) is 77.8 Å². The van der Waals surface area contributed by atoms with Gasteiger partial charge in [-0.05, 0) is 28.8 Å². The van der Waals surface area contributed by atoms with Gasteiger partial charge in [0.1, 0.15) is 0 Å². The molecule has 5 nitrogen and oxygen atoms in total. The van der Waals surface area contributed by atoms with Crippen LogP contribution in [0.3, 0.4) is 0 Å². The Morgan fingerprint density at radius 2 is 1.95 bits per heavy atom. The van der Waals surface area contributed by atoms with Gasteiger partial charge in [-0.1, -0.05) is 19.3 Å². The Bertz CT molecular complexity index is 698. The maximum Gasteiger partial charge on any atom is 0.258 e. The first-order chi connectivity index (χ1) is 9.66. The van der Waals surface area contributed by atoms with Crippen LogP contribution in [-0.2, 0) is 0 Å². The fourth-order valence-electron chi connectivity index (χ4n) is 2.81.